The molecule has 0 aromatic rings. The summed E-state index contributed by atoms with van der Waals surface area (Å²) < 4.78 is 5.07. The van der Waals surface area contributed by atoms with Crippen LogP contribution in [0.3, 0.4) is 0 Å². The van der Waals surface area contributed by atoms with Gasteiger partial charge in [-0.3, -0.25) is 0 Å². The highest BCUT2D eigenvalue weighted by Gasteiger charge is 2.24. The summed E-state index contributed by atoms with van der Waals surface area (Å²) in [5.74, 6) is -0.294. The van der Waals surface area contributed by atoms with Gasteiger partial charge in [-0.05, 0) is 45.1 Å². The number of unbranched alkanes of at least 4 members (excludes halogenated alkanes) is 17. The molecule has 0 aliphatic carbocycles. The van der Waals surface area contributed by atoms with Crippen LogP contribution >= 0.6 is 0 Å². The second-order valence-electron chi connectivity index (χ2n) is 12.6. The number of hydrogen-bond acceptors (Lipinski definition) is 5. The van der Waals surface area contributed by atoms with Gasteiger partial charge in [-0.25, -0.2) is 4.79 Å². The number of cyclic esters (lactones) is 1. The van der Waals surface area contributed by atoms with E-state index in [4.69, 9.17) is 4.74 Å². The standard InChI is InChI=1S/C35H66O5/c1-3-4-5-6-7-8-9-10-11-12-14-18-23-32(36)24-19-15-13-16-20-25-33(37)26-21-17-22-27-34(38)29-31-28-30(2)40-35(31)39/h28,30,32-34,36-38H,3-27,29H2,1-2H3/t30-,32?,33-,34+/m0/s1. The molecule has 0 radical (unpaired) electrons. The van der Waals surface area contributed by atoms with Gasteiger partial charge in [0.05, 0.1) is 18.3 Å². The van der Waals surface area contributed by atoms with E-state index in [1.165, 1.54) is 89.9 Å². The minimum atomic E-state index is -0.496. The molecule has 5 nitrogen and oxygen atoms in total. The Morgan fingerprint density at radius 1 is 0.575 bits per heavy atom. The minimum Gasteiger partial charge on any atom is -0.455 e. The van der Waals surface area contributed by atoms with Crippen molar-refractivity contribution in [3.05, 3.63) is 11.6 Å². The zero-order valence-corrected chi connectivity index (χ0v) is 26.4. The Bertz CT molecular complexity index is 619. The molecule has 1 heterocycles. The van der Waals surface area contributed by atoms with Crippen molar-refractivity contribution in [2.45, 2.75) is 205 Å². The SMILES string of the molecule is CCCCCCCCCCCCCCC(O)CCCCCCC[C@H](O)CCCCC[C@@H](O)CC1=C[C@H](C)OC1=O. The van der Waals surface area contributed by atoms with E-state index < -0.39 is 6.10 Å². The lowest BCUT2D eigenvalue weighted by Crippen LogP contribution is -2.12. The summed E-state index contributed by atoms with van der Waals surface area (Å²) in [5, 5.41) is 30.7. The van der Waals surface area contributed by atoms with E-state index in [-0.39, 0.29) is 24.3 Å². The second kappa shape index (κ2) is 25.8. The molecular formula is C35H66O5. The normalized spacial score (nSPS) is 17.6. The average molecular weight is 567 g/mol. The quantitative estimate of drug-likeness (QED) is 0.0621. The van der Waals surface area contributed by atoms with Crippen molar-refractivity contribution in [2.75, 3.05) is 0 Å². The Labute approximate surface area is 247 Å². The highest BCUT2D eigenvalue weighted by atomic mass is 16.5. The fourth-order valence-corrected chi connectivity index (χ4v) is 5.87. The van der Waals surface area contributed by atoms with Crippen LogP contribution in [-0.4, -0.2) is 45.7 Å². The van der Waals surface area contributed by atoms with E-state index >= 15 is 0 Å². The maximum Gasteiger partial charge on any atom is 0.334 e. The lowest BCUT2D eigenvalue weighted by molar-refractivity contribution is -0.139. The third kappa shape index (κ3) is 21.8. The van der Waals surface area contributed by atoms with Crippen LogP contribution in [0.1, 0.15) is 181 Å². The molecule has 3 N–H and O–H groups in total. The van der Waals surface area contributed by atoms with E-state index in [1.807, 2.05) is 6.92 Å². The molecule has 0 bridgehead atoms. The van der Waals surface area contributed by atoms with Gasteiger partial charge in [0.2, 0.25) is 0 Å². The first kappa shape index (κ1) is 37.1. The molecule has 0 saturated carbocycles. The molecule has 1 aliphatic heterocycles. The molecule has 0 aromatic carbocycles. The van der Waals surface area contributed by atoms with Gasteiger partial charge in [0.25, 0.3) is 0 Å². The van der Waals surface area contributed by atoms with Crippen LogP contribution in [0.4, 0.5) is 0 Å². The largest absolute Gasteiger partial charge is 0.455 e. The Hall–Kier alpha value is -0.910. The van der Waals surface area contributed by atoms with E-state index in [2.05, 4.69) is 6.92 Å². The zero-order valence-electron chi connectivity index (χ0n) is 26.4. The molecule has 0 amide bonds. The molecule has 236 valence electrons. The van der Waals surface area contributed by atoms with Crippen LogP contribution in [0.25, 0.3) is 0 Å². The van der Waals surface area contributed by atoms with Gasteiger partial charge < -0.3 is 20.1 Å². The first-order chi connectivity index (χ1) is 19.4. The van der Waals surface area contributed by atoms with E-state index in [0.717, 1.165) is 64.2 Å². The molecule has 1 rings (SSSR count). The van der Waals surface area contributed by atoms with Gasteiger partial charge in [0, 0.05) is 12.0 Å². The van der Waals surface area contributed by atoms with Crippen molar-refractivity contribution in [3.8, 4) is 0 Å². The average Bonchev–Trinajstić information content (AvgIpc) is 3.24. The molecule has 1 aliphatic rings. The summed E-state index contributed by atoms with van der Waals surface area (Å²) in [6.45, 7) is 4.10. The predicted octanol–water partition coefficient (Wildman–Crippen LogP) is 9.10. The molecular weight excluding hydrogens is 500 g/mol. The molecule has 0 fully saturated rings. The number of hydrogen-bond donors (Lipinski definition) is 3. The smallest absolute Gasteiger partial charge is 0.334 e. The molecule has 5 heteroatoms. The molecule has 0 saturated heterocycles. The van der Waals surface area contributed by atoms with Gasteiger partial charge in [0.1, 0.15) is 6.10 Å². The monoisotopic (exact) mass is 566 g/mol. The van der Waals surface area contributed by atoms with Crippen LogP contribution in [0.5, 0.6) is 0 Å². The predicted molar refractivity (Wildman–Crippen MR) is 167 cm³/mol. The summed E-state index contributed by atoms with van der Waals surface area (Å²) in [7, 11) is 0. The summed E-state index contributed by atoms with van der Waals surface area (Å²) in [6, 6.07) is 0. The van der Waals surface area contributed by atoms with Crippen molar-refractivity contribution < 1.29 is 24.9 Å². The first-order valence-corrected chi connectivity index (χ1v) is 17.4. The van der Waals surface area contributed by atoms with Gasteiger partial charge in [-0.1, -0.05) is 135 Å². The number of carbonyl (C=O) groups excluding carboxylic acids is 1. The van der Waals surface area contributed by atoms with Crippen molar-refractivity contribution in [2.24, 2.45) is 0 Å². The van der Waals surface area contributed by atoms with Crippen molar-refractivity contribution in [3.63, 3.8) is 0 Å². The van der Waals surface area contributed by atoms with Crippen LogP contribution in [-0.2, 0) is 9.53 Å². The lowest BCUT2D eigenvalue weighted by Gasteiger charge is -2.12. The van der Waals surface area contributed by atoms with E-state index in [1.54, 1.807) is 6.08 Å². The molecule has 4 atom stereocenters. The van der Waals surface area contributed by atoms with Crippen molar-refractivity contribution in [1.29, 1.82) is 0 Å². The van der Waals surface area contributed by atoms with Gasteiger partial charge in [-0.2, -0.15) is 0 Å². The number of esters is 1. The van der Waals surface area contributed by atoms with Gasteiger partial charge in [-0.15, -0.1) is 0 Å². The third-order valence-electron chi connectivity index (χ3n) is 8.49. The lowest BCUT2D eigenvalue weighted by atomic mass is 9.99. The summed E-state index contributed by atoms with van der Waals surface area (Å²) in [6.07, 6.45) is 30.4. The Morgan fingerprint density at radius 2 is 0.900 bits per heavy atom. The number of ether oxygens (including phenoxy) is 1. The number of aliphatic hydroxyl groups is 3. The molecule has 40 heavy (non-hydrogen) atoms. The topological polar surface area (TPSA) is 87.0 Å². The number of aliphatic hydroxyl groups excluding tert-OH is 3. The van der Waals surface area contributed by atoms with Crippen LogP contribution in [0.15, 0.2) is 11.6 Å². The van der Waals surface area contributed by atoms with Crippen LogP contribution in [0.2, 0.25) is 0 Å². The fourth-order valence-electron chi connectivity index (χ4n) is 5.87. The highest BCUT2D eigenvalue weighted by Crippen LogP contribution is 2.21. The highest BCUT2D eigenvalue weighted by molar-refractivity contribution is 5.90. The molecule has 0 spiro atoms. The Kier molecular flexibility index (Phi) is 23.9. The van der Waals surface area contributed by atoms with Crippen molar-refractivity contribution in [1.82, 2.24) is 0 Å². The molecule has 1 unspecified atom stereocenters. The van der Waals surface area contributed by atoms with Crippen molar-refractivity contribution >= 4 is 5.97 Å². The fraction of sp³-hybridized carbons (Fsp3) is 0.914. The second-order valence-corrected chi connectivity index (χ2v) is 12.6. The maximum atomic E-state index is 11.6. The Morgan fingerprint density at radius 3 is 1.25 bits per heavy atom. The van der Waals surface area contributed by atoms with Crippen LogP contribution in [0, 0.1) is 0 Å². The van der Waals surface area contributed by atoms with Crippen LogP contribution < -0.4 is 0 Å². The minimum absolute atomic E-state index is 0.119. The first-order valence-electron chi connectivity index (χ1n) is 17.4. The third-order valence-corrected chi connectivity index (χ3v) is 8.49. The molecule has 0 aromatic heterocycles. The van der Waals surface area contributed by atoms with E-state index in [0.29, 0.717) is 18.4 Å². The summed E-state index contributed by atoms with van der Waals surface area (Å²) in [5.41, 5.74) is 0.599. The van der Waals surface area contributed by atoms with Gasteiger partial charge in [0.15, 0.2) is 0 Å². The number of carbonyl (C=O) groups is 1. The maximum absolute atomic E-state index is 11.6. The number of rotatable bonds is 29. The summed E-state index contributed by atoms with van der Waals surface area (Å²) in [4.78, 5) is 11.6. The zero-order chi connectivity index (χ0) is 29.3. The summed E-state index contributed by atoms with van der Waals surface area (Å²) >= 11 is 0. The van der Waals surface area contributed by atoms with Gasteiger partial charge >= 0.3 is 5.97 Å². The van der Waals surface area contributed by atoms with E-state index in [9.17, 15) is 20.1 Å². The Balaban J connectivity index is 1.80.